The number of primary amides is 1. The van der Waals surface area contributed by atoms with Crippen LogP contribution in [-0.4, -0.2) is 53.3 Å². The minimum absolute atomic E-state index is 0.0917. The summed E-state index contributed by atoms with van der Waals surface area (Å²) in [6.07, 6.45) is 1.77. The van der Waals surface area contributed by atoms with Crippen molar-refractivity contribution in [3.05, 3.63) is 66.5 Å². The fourth-order valence-corrected chi connectivity index (χ4v) is 4.54. The number of nitrogens with zero attached hydrogens (tertiary/aromatic N) is 4. The van der Waals surface area contributed by atoms with Crippen molar-refractivity contribution in [1.29, 1.82) is 0 Å². The van der Waals surface area contributed by atoms with E-state index in [1.54, 1.807) is 10.9 Å². The molecule has 1 aliphatic rings. The number of sulfonamides is 1. The zero-order valence-electron chi connectivity index (χ0n) is 16.5. The molecule has 4 rings (SSSR count). The molecule has 1 aliphatic heterocycles. The Morgan fingerprint density at radius 2 is 1.71 bits per heavy atom. The smallest absolute Gasteiger partial charge is 0.255 e. The number of para-hydroxylation sites is 1. The lowest BCUT2D eigenvalue weighted by molar-refractivity contribution is -0.119. The molecule has 2 aromatic carbocycles. The lowest BCUT2D eigenvalue weighted by Gasteiger charge is -2.37. The summed E-state index contributed by atoms with van der Waals surface area (Å²) in [6, 6.07) is 15.2. The van der Waals surface area contributed by atoms with Crippen LogP contribution in [0.25, 0.3) is 0 Å². The number of aromatic nitrogens is 3. The van der Waals surface area contributed by atoms with E-state index in [-0.39, 0.29) is 24.2 Å². The van der Waals surface area contributed by atoms with Crippen LogP contribution in [0.2, 0.25) is 0 Å². The number of nitrogens with two attached hydrogens (primary N) is 1. The monoisotopic (exact) mass is 443 g/mol. The normalized spacial score (nSPS) is 14.7. The van der Waals surface area contributed by atoms with E-state index in [0.717, 1.165) is 5.75 Å². The highest BCUT2D eigenvalue weighted by Crippen LogP contribution is 2.28. The Labute approximate surface area is 179 Å². The van der Waals surface area contributed by atoms with Crippen LogP contribution in [0.4, 0.5) is 0 Å². The Kier molecular flexibility index (Phi) is 5.87. The van der Waals surface area contributed by atoms with Gasteiger partial charge in [0.25, 0.3) is 5.91 Å². The summed E-state index contributed by atoms with van der Waals surface area (Å²) >= 11 is 0. The molecule has 11 heteroatoms. The van der Waals surface area contributed by atoms with Crippen molar-refractivity contribution in [2.75, 3.05) is 19.7 Å². The largest absolute Gasteiger partial charge is 0.487 e. The second kappa shape index (κ2) is 8.74. The molecule has 1 aromatic heterocycles. The summed E-state index contributed by atoms with van der Waals surface area (Å²) in [5.41, 5.74) is 5.69. The van der Waals surface area contributed by atoms with Gasteiger partial charge in [0, 0.05) is 13.1 Å². The average Bonchev–Trinajstić information content (AvgIpc) is 3.19. The molecule has 0 saturated carbocycles. The van der Waals surface area contributed by atoms with Gasteiger partial charge in [0.15, 0.2) is 6.61 Å². The van der Waals surface area contributed by atoms with Crippen molar-refractivity contribution in [2.45, 2.75) is 17.5 Å². The number of ether oxygens (including phenoxy) is 2. The van der Waals surface area contributed by atoms with Crippen LogP contribution in [0.3, 0.4) is 0 Å². The first-order valence-electron chi connectivity index (χ1n) is 9.52. The van der Waals surface area contributed by atoms with Crippen LogP contribution < -0.4 is 15.2 Å². The standard InChI is InChI=1S/C20H21N5O5S/c21-20(26)14-30-18-6-8-19(9-7-18)31(27,28)24-11-16(12-24)25-10-15(22-23-25)13-29-17-4-2-1-3-5-17/h1-10,16H,11-14H2,(H2,21,26). The fourth-order valence-electron chi connectivity index (χ4n) is 3.02. The Bertz CT molecular complexity index is 1140. The van der Waals surface area contributed by atoms with E-state index in [2.05, 4.69) is 10.3 Å². The van der Waals surface area contributed by atoms with Crippen LogP contribution in [0.15, 0.2) is 65.7 Å². The van der Waals surface area contributed by atoms with E-state index in [4.69, 9.17) is 15.2 Å². The van der Waals surface area contributed by atoms with Gasteiger partial charge in [-0.1, -0.05) is 23.4 Å². The molecule has 0 aliphatic carbocycles. The minimum Gasteiger partial charge on any atom is -0.487 e. The molecular formula is C20H21N5O5S. The van der Waals surface area contributed by atoms with E-state index in [1.807, 2.05) is 30.3 Å². The summed E-state index contributed by atoms with van der Waals surface area (Å²) in [5, 5.41) is 8.19. The zero-order valence-corrected chi connectivity index (χ0v) is 17.3. The van der Waals surface area contributed by atoms with Gasteiger partial charge in [-0.2, -0.15) is 4.31 Å². The molecule has 0 spiro atoms. The average molecular weight is 443 g/mol. The van der Waals surface area contributed by atoms with Gasteiger partial charge in [0.1, 0.15) is 23.8 Å². The molecule has 162 valence electrons. The number of hydrogen-bond donors (Lipinski definition) is 1. The Balaban J connectivity index is 1.32. The maximum atomic E-state index is 12.8. The van der Waals surface area contributed by atoms with Crippen molar-refractivity contribution >= 4 is 15.9 Å². The van der Waals surface area contributed by atoms with Gasteiger partial charge in [-0.25, -0.2) is 13.1 Å². The molecule has 3 aromatic rings. The Morgan fingerprint density at radius 1 is 1.03 bits per heavy atom. The minimum atomic E-state index is -3.63. The fraction of sp³-hybridized carbons (Fsp3) is 0.250. The van der Waals surface area contributed by atoms with Gasteiger partial charge in [0.05, 0.1) is 17.1 Å². The SMILES string of the molecule is NC(=O)COc1ccc(S(=O)(=O)N2CC(n3cc(COc4ccccc4)nn3)C2)cc1. The molecule has 31 heavy (non-hydrogen) atoms. The van der Waals surface area contributed by atoms with Crippen LogP contribution >= 0.6 is 0 Å². The third kappa shape index (κ3) is 4.84. The summed E-state index contributed by atoms with van der Waals surface area (Å²) in [7, 11) is -3.63. The summed E-state index contributed by atoms with van der Waals surface area (Å²) in [4.78, 5) is 10.9. The van der Waals surface area contributed by atoms with Crippen molar-refractivity contribution in [3.63, 3.8) is 0 Å². The quantitative estimate of drug-likeness (QED) is 0.521. The van der Waals surface area contributed by atoms with E-state index >= 15 is 0 Å². The Hall–Kier alpha value is -3.44. The molecular weight excluding hydrogens is 422 g/mol. The van der Waals surface area contributed by atoms with Crippen molar-refractivity contribution in [2.24, 2.45) is 5.73 Å². The summed E-state index contributed by atoms with van der Waals surface area (Å²) in [6.45, 7) is 0.605. The molecule has 1 saturated heterocycles. The second-order valence-electron chi connectivity index (χ2n) is 6.99. The topological polar surface area (TPSA) is 130 Å². The number of amides is 1. The van der Waals surface area contributed by atoms with E-state index in [0.29, 0.717) is 24.5 Å². The number of benzene rings is 2. The highest BCUT2D eigenvalue weighted by atomic mass is 32.2. The molecule has 1 fully saturated rings. The predicted octanol–water partition coefficient (Wildman–Crippen LogP) is 0.967. The van der Waals surface area contributed by atoms with Crippen molar-refractivity contribution in [3.8, 4) is 11.5 Å². The molecule has 10 nitrogen and oxygen atoms in total. The van der Waals surface area contributed by atoms with Gasteiger partial charge in [-0.3, -0.25) is 4.79 Å². The number of carbonyl (C=O) groups excluding carboxylic acids is 1. The number of hydrogen-bond acceptors (Lipinski definition) is 7. The molecule has 0 bridgehead atoms. The van der Waals surface area contributed by atoms with E-state index < -0.39 is 15.9 Å². The summed E-state index contributed by atoms with van der Waals surface area (Å²) < 4.78 is 39.4. The van der Waals surface area contributed by atoms with Crippen LogP contribution in [0, 0.1) is 0 Å². The molecule has 2 N–H and O–H groups in total. The van der Waals surface area contributed by atoms with Gasteiger partial charge in [-0.15, -0.1) is 5.10 Å². The van der Waals surface area contributed by atoms with Crippen molar-refractivity contribution in [1.82, 2.24) is 19.3 Å². The lowest BCUT2D eigenvalue weighted by Crippen LogP contribution is -2.50. The molecule has 1 amide bonds. The van der Waals surface area contributed by atoms with E-state index in [9.17, 15) is 13.2 Å². The lowest BCUT2D eigenvalue weighted by atomic mass is 10.2. The molecule has 2 heterocycles. The van der Waals surface area contributed by atoms with Gasteiger partial charge < -0.3 is 15.2 Å². The molecule has 0 atom stereocenters. The Morgan fingerprint density at radius 3 is 2.39 bits per heavy atom. The van der Waals surface area contributed by atoms with Gasteiger partial charge >= 0.3 is 0 Å². The predicted molar refractivity (Wildman–Crippen MR) is 110 cm³/mol. The first-order valence-corrected chi connectivity index (χ1v) is 11.0. The first-order chi connectivity index (χ1) is 14.9. The van der Waals surface area contributed by atoms with Crippen LogP contribution in [-0.2, 0) is 21.4 Å². The van der Waals surface area contributed by atoms with Gasteiger partial charge in [0.2, 0.25) is 10.0 Å². The van der Waals surface area contributed by atoms with Crippen molar-refractivity contribution < 1.29 is 22.7 Å². The van der Waals surface area contributed by atoms with E-state index in [1.165, 1.54) is 28.6 Å². The molecule has 0 unspecified atom stereocenters. The van der Waals surface area contributed by atoms with Gasteiger partial charge in [-0.05, 0) is 36.4 Å². The third-order valence-electron chi connectivity index (χ3n) is 4.73. The third-order valence-corrected chi connectivity index (χ3v) is 6.58. The zero-order chi connectivity index (χ0) is 21.8. The highest BCUT2D eigenvalue weighted by Gasteiger charge is 2.38. The first kappa shape index (κ1) is 20.8. The maximum absolute atomic E-state index is 12.8. The van der Waals surface area contributed by atoms with Crippen LogP contribution in [0.1, 0.15) is 11.7 Å². The highest BCUT2D eigenvalue weighted by molar-refractivity contribution is 7.89. The number of rotatable bonds is 9. The molecule has 0 radical (unpaired) electrons. The maximum Gasteiger partial charge on any atom is 0.255 e. The second-order valence-corrected chi connectivity index (χ2v) is 8.93. The number of carbonyl (C=O) groups is 1. The summed E-state index contributed by atoms with van der Waals surface area (Å²) in [5.74, 6) is 0.502. The van der Waals surface area contributed by atoms with Crippen LogP contribution in [0.5, 0.6) is 11.5 Å².